The van der Waals surface area contributed by atoms with E-state index in [-0.39, 0.29) is 23.0 Å². The van der Waals surface area contributed by atoms with Crippen LogP contribution >= 0.6 is 0 Å². The Morgan fingerprint density at radius 3 is 2.62 bits per heavy atom. The molecule has 4 saturated carbocycles. The van der Waals surface area contributed by atoms with Gasteiger partial charge in [0.15, 0.2) is 0 Å². The number of rotatable bonds is 5. The lowest BCUT2D eigenvalue weighted by Crippen LogP contribution is -2.58. The van der Waals surface area contributed by atoms with Crippen molar-refractivity contribution in [1.82, 2.24) is 4.90 Å². The molecule has 0 bridgehead atoms. The van der Waals surface area contributed by atoms with E-state index in [1.54, 1.807) is 7.11 Å². The SMILES string of the molecule is COc1ccc2c(c1)CCN(C(=O)CC[C@@H](C)[C@H]1CC[C@H]3[C@@H]4[C@H](O)C[C@@H]5C[C@H](O)CC[C@]5(C)[C@H]4CC[C@]13C)C2. The van der Waals surface area contributed by atoms with Crippen LogP contribution in [0.2, 0.25) is 0 Å². The Morgan fingerprint density at radius 2 is 1.82 bits per heavy atom. The summed E-state index contributed by atoms with van der Waals surface area (Å²) in [4.78, 5) is 15.3. The van der Waals surface area contributed by atoms with Gasteiger partial charge in [0.1, 0.15) is 5.75 Å². The van der Waals surface area contributed by atoms with Crippen LogP contribution in [0.4, 0.5) is 0 Å². The maximum absolute atomic E-state index is 13.3. The van der Waals surface area contributed by atoms with Gasteiger partial charge in [-0.2, -0.15) is 0 Å². The lowest BCUT2D eigenvalue weighted by molar-refractivity contribution is -0.174. The summed E-state index contributed by atoms with van der Waals surface area (Å²) in [5.74, 6) is 4.41. The van der Waals surface area contributed by atoms with Gasteiger partial charge in [0.2, 0.25) is 5.91 Å². The molecule has 0 unspecified atom stereocenters. The van der Waals surface area contributed by atoms with E-state index < -0.39 is 0 Å². The number of ether oxygens (including phenoxy) is 1. The van der Waals surface area contributed by atoms with E-state index in [0.717, 1.165) is 50.8 Å². The number of hydrogen-bond acceptors (Lipinski definition) is 4. The van der Waals surface area contributed by atoms with E-state index in [2.05, 4.69) is 37.8 Å². The van der Waals surface area contributed by atoms with E-state index in [9.17, 15) is 15.0 Å². The number of carbonyl (C=O) groups is 1. The molecule has 1 aromatic carbocycles. The molecule has 1 heterocycles. The fourth-order valence-corrected chi connectivity index (χ4v) is 10.8. The van der Waals surface area contributed by atoms with Gasteiger partial charge in [-0.1, -0.05) is 26.8 Å². The molecule has 10 atom stereocenters. The number of aliphatic hydroxyl groups excluding tert-OH is 2. The molecule has 1 aliphatic heterocycles. The lowest BCUT2D eigenvalue weighted by Gasteiger charge is -2.62. The van der Waals surface area contributed by atoms with E-state index in [0.29, 0.717) is 54.4 Å². The van der Waals surface area contributed by atoms with E-state index in [1.165, 1.54) is 36.8 Å². The van der Waals surface area contributed by atoms with Gasteiger partial charge in [0, 0.05) is 19.5 Å². The summed E-state index contributed by atoms with van der Waals surface area (Å²) in [6.45, 7) is 8.94. The molecule has 0 aromatic heterocycles. The summed E-state index contributed by atoms with van der Waals surface area (Å²) < 4.78 is 5.38. The monoisotopic (exact) mass is 537 g/mol. The minimum absolute atomic E-state index is 0.178. The molecule has 0 radical (unpaired) electrons. The zero-order valence-electron chi connectivity index (χ0n) is 24.7. The number of amides is 1. The van der Waals surface area contributed by atoms with Crippen molar-refractivity contribution < 1.29 is 19.7 Å². The number of carbonyl (C=O) groups excluding carboxylic acids is 1. The minimum Gasteiger partial charge on any atom is -0.497 e. The third-order valence-corrected chi connectivity index (χ3v) is 13.0. The Balaban J connectivity index is 1.09. The van der Waals surface area contributed by atoms with Crippen LogP contribution in [0.15, 0.2) is 18.2 Å². The Hall–Kier alpha value is -1.59. The van der Waals surface area contributed by atoms with Crippen molar-refractivity contribution in [3.8, 4) is 5.75 Å². The average molecular weight is 538 g/mol. The Morgan fingerprint density at radius 1 is 1.05 bits per heavy atom. The molecule has 216 valence electrons. The third kappa shape index (κ3) is 4.64. The number of hydrogen-bond donors (Lipinski definition) is 2. The standard InChI is InChI=1S/C34H51NO4/c1-21(5-10-31(38)35-16-13-22-17-26(39-4)7-6-23(22)20-35)27-8-9-28-32-29(12-15-34(27,28)3)33(2)14-11-25(36)18-24(33)19-30(32)37/h6-7,17,21,24-25,27-30,32,36-37H,5,8-16,18-20H2,1-4H3/t21-,24+,25-,27-,28+,29+,30-,32+,33+,34-/m1/s1. The Kier molecular flexibility index (Phi) is 7.32. The molecule has 2 N–H and O–H groups in total. The van der Waals surface area contributed by atoms with Crippen molar-refractivity contribution in [2.24, 2.45) is 46.3 Å². The van der Waals surface area contributed by atoms with Crippen LogP contribution in [0.25, 0.3) is 0 Å². The van der Waals surface area contributed by atoms with Gasteiger partial charge < -0.3 is 19.8 Å². The summed E-state index contributed by atoms with van der Waals surface area (Å²) in [5.41, 5.74) is 3.10. The fraction of sp³-hybridized carbons (Fsp3) is 0.794. The maximum atomic E-state index is 13.3. The molecule has 4 fully saturated rings. The molecule has 5 aliphatic rings. The van der Waals surface area contributed by atoms with Gasteiger partial charge in [-0.3, -0.25) is 4.79 Å². The molecular weight excluding hydrogens is 486 g/mol. The lowest BCUT2D eigenvalue weighted by atomic mass is 9.43. The smallest absolute Gasteiger partial charge is 0.222 e. The molecule has 39 heavy (non-hydrogen) atoms. The normalized spacial score (nSPS) is 42.1. The number of nitrogens with zero attached hydrogens (tertiary/aromatic N) is 1. The van der Waals surface area contributed by atoms with Crippen LogP contribution in [-0.4, -0.2) is 46.9 Å². The highest BCUT2D eigenvalue weighted by atomic mass is 16.5. The highest BCUT2D eigenvalue weighted by molar-refractivity contribution is 5.76. The van der Waals surface area contributed by atoms with Crippen LogP contribution in [0, 0.1) is 46.3 Å². The van der Waals surface area contributed by atoms with Gasteiger partial charge in [-0.25, -0.2) is 0 Å². The van der Waals surface area contributed by atoms with Crippen LogP contribution in [0.1, 0.15) is 96.1 Å². The molecule has 5 heteroatoms. The fourth-order valence-electron chi connectivity index (χ4n) is 10.8. The van der Waals surface area contributed by atoms with Gasteiger partial charge in [0.05, 0.1) is 19.3 Å². The molecule has 0 saturated heterocycles. The number of benzene rings is 1. The highest BCUT2D eigenvalue weighted by Crippen LogP contribution is 2.68. The van der Waals surface area contributed by atoms with Gasteiger partial charge >= 0.3 is 0 Å². The second-order valence-corrected chi connectivity index (χ2v) is 14.7. The molecule has 1 amide bonds. The summed E-state index contributed by atoms with van der Waals surface area (Å²) >= 11 is 0. The first-order valence-corrected chi connectivity index (χ1v) is 15.9. The van der Waals surface area contributed by atoms with Gasteiger partial charge in [-0.05, 0) is 134 Å². The van der Waals surface area contributed by atoms with Crippen LogP contribution in [0.5, 0.6) is 5.75 Å². The zero-order chi connectivity index (χ0) is 27.5. The van der Waals surface area contributed by atoms with Crippen molar-refractivity contribution in [1.29, 1.82) is 0 Å². The van der Waals surface area contributed by atoms with Gasteiger partial charge in [0.25, 0.3) is 0 Å². The zero-order valence-corrected chi connectivity index (χ0v) is 24.7. The average Bonchev–Trinajstić information content (AvgIpc) is 3.29. The van der Waals surface area contributed by atoms with E-state index in [4.69, 9.17) is 4.74 Å². The molecule has 5 nitrogen and oxygen atoms in total. The van der Waals surface area contributed by atoms with E-state index >= 15 is 0 Å². The summed E-state index contributed by atoms with van der Waals surface area (Å²) in [7, 11) is 1.70. The second-order valence-electron chi connectivity index (χ2n) is 14.7. The second kappa shape index (κ2) is 10.4. The first kappa shape index (κ1) is 27.6. The van der Waals surface area contributed by atoms with Crippen molar-refractivity contribution >= 4 is 5.91 Å². The predicted molar refractivity (Wildman–Crippen MR) is 153 cm³/mol. The number of aliphatic hydroxyl groups is 2. The molecule has 4 aliphatic carbocycles. The first-order valence-electron chi connectivity index (χ1n) is 15.9. The summed E-state index contributed by atoms with van der Waals surface area (Å²) in [6.07, 6.45) is 10.9. The van der Waals surface area contributed by atoms with Crippen molar-refractivity contribution in [2.45, 2.75) is 110 Å². The molecule has 1 aromatic rings. The topological polar surface area (TPSA) is 70.0 Å². The molecule has 6 rings (SSSR count). The Bertz CT molecular complexity index is 1070. The van der Waals surface area contributed by atoms with Crippen molar-refractivity contribution in [2.75, 3.05) is 13.7 Å². The van der Waals surface area contributed by atoms with Crippen LogP contribution in [-0.2, 0) is 17.8 Å². The highest BCUT2D eigenvalue weighted by Gasteiger charge is 2.62. The quantitative estimate of drug-likeness (QED) is 0.484. The van der Waals surface area contributed by atoms with Crippen molar-refractivity contribution in [3.05, 3.63) is 29.3 Å². The van der Waals surface area contributed by atoms with E-state index in [1.807, 2.05) is 6.07 Å². The summed E-state index contributed by atoms with van der Waals surface area (Å²) in [6, 6.07) is 6.23. The van der Waals surface area contributed by atoms with Crippen molar-refractivity contribution in [3.63, 3.8) is 0 Å². The van der Waals surface area contributed by atoms with Crippen LogP contribution in [0.3, 0.4) is 0 Å². The summed E-state index contributed by atoms with van der Waals surface area (Å²) in [5, 5.41) is 21.9. The largest absolute Gasteiger partial charge is 0.497 e. The number of methoxy groups -OCH3 is 1. The Labute approximate surface area is 235 Å². The molecular formula is C34H51NO4. The van der Waals surface area contributed by atoms with Crippen LogP contribution < -0.4 is 4.74 Å². The minimum atomic E-state index is -0.222. The molecule has 0 spiro atoms. The third-order valence-electron chi connectivity index (χ3n) is 13.0. The maximum Gasteiger partial charge on any atom is 0.222 e. The first-order chi connectivity index (χ1) is 18.6. The predicted octanol–water partition coefficient (Wildman–Crippen LogP) is 5.99. The van der Waals surface area contributed by atoms with Gasteiger partial charge in [-0.15, -0.1) is 0 Å². The number of fused-ring (bicyclic) bond motifs is 6.